The summed E-state index contributed by atoms with van der Waals surface area (Å²) < 4.78 is 6.69. The van der Waals surface area contributed by atoms with Gasteiger partial charge in [0.2, 0.25) is 0 Å². The van der Waals surface area contributed by atoms with Crippen molar-refractivity contribution in [1.82, 2.24) is 0 Å². The second-order valence-electron chi connectivity index (χ2n) is 7.44. The molecule has 0 radical (unpaired) electrons. The van der Waals surface area contributed by atoms with Gasteiger partial charge in [-0.2, -0.15) is 0 Å². The summed E-state index contributed by atoms with van der Waals surface area (Å²) in [5, 5.41) is 0. The third-order valence-electron chi connectivity index (χ3n) is 5.39. The number of nitrogens with zero attached hydrogens (tertiary/aromatic N) is 1. The van der Waals surface area contributed by atoms with Gasteiger partial charge in [0.15, 0.2) is 0 Å². The molecule has 24 heavy (non-hydrogen) atoms. The van der Waals surface area contributed by atoms with E-state index in [-0.39, 0.29) is 0 Å². The summed E-state index contributed by atoms with van der Waals surface area (Å²) in [7, 11) is 0. The van der Waals surface area contributed by atoms with E-state index < -0.39 is 0 Å². The lowest BCUT2D eigenvalue weighted by Crippen LogP contribution is -2.55. The van der Waals surface area contributed by atoms with Gasteiger partial charge in [0, 0.05) is 15.9 Å². The fraction of sp³-hybridized carbons (Fsp3) is 0.905. The quantitative estimate of drug-likeness (QED) is 0.200. The molecule has 1 aliphatic heterocycles. The normalized spacial score (nSPS) is 16.6. The molecule has 0 aromatic carbocycles. The van der Waals surface area contributed by atoms with E-state index in [1.54, 1.807) is 0 Å². The van der Waals surface area contributed by atoms with Crippen LogP contribution in [0.1, 0.15) is 84.0 Å². The van der Waals surface area contributed by atoms with Gasteiger partial charge in [-0.15, -0.1) is 0 Å². The van der Waals surface area contributed by atoms with Crippen molar-refractivity contribution in [3.8, 4) is 10.8 Å². The van der Waals surface area contributed by atoms with Gasteiger partial charge in [-0.3, -0.25) is 0 Å². The molecule has 0 atom stereocenters. The number of halogens is 1. The Bertz CT molecular complexity index is 341. The van der Waals surface area contributed by atoms with Crippen molar-refractivity contribution in [2.75, 3.05) is 39.4 Å². The smallest absolute Gasteiger partial charge is 0.141 e. The number of unbranched alkanes of at least 4 members (excludes halogenated alkanes) is 11. The van der Waals surface area contributed by atoms with Crippen LogP contribution in [-0.2, 0) is 4.74 Å². The monoisotopic (exact) mass is 400 g/mol. The Hall–Kier alpha value is -0.0400. The van der Waals surface area contributed by atoms with Crippen molar-refractivity contribution < 1.29 is 9.22 Å². The second-order valence-corrected chi connectivity index (χ2v) is 7.84. The molecule has 2 nitrogen and oxygen atoms in total. The average Bonchev–Trinajstić information content (AvgIpc) is 2.62. The molecule has 0 aromatic heterocycles. The SMILES string of the molecule is CCCCCCCCCCCCCC[N+]1(CC#CBr)CCOCC1. The first kappa shape index (κ1) is 22.0. The Morgan fingerprint density at radius 1 is 0.792 bits per heavy atom. The molecule has 0 aromatic rings. The van der Waals surface area contributed by atoms with Gasteiger partial charge in [0.25, 0.3) is 0 Å². The Kier molecular flexibility index (Phi) is 14.0. The van der Waals surface area contributed by atoms with E-state index in [2.05, 4.69) is 33.6 Å². The fourth-order valence-electron chi connectivity index (χ4n) is 3.68. The Morgan fingerprint density at radius 2 is 1.29 bits per heavy atom. The van der Waals surface area contributed by atoms with Crippen molar-refractivity contribution in [2.45, 2.75) is 84.0 Å². The van der Waals surface area contributed by atoms with Crippen LogP contribution in [0.4, 0.5) is 0 Å². The highest BCUT2D eigenvalue weighted by Gasteiger charge is 2.28. The van der Waals surface area contributed by atoms with Crippen LogP contribution in [0.15, 0.2) is 0 Å². The van der Waals surface area contributed by atoms with E-state index in [1.807, 2.05) is 0 Å². The fourth-order valence-corrected chi connectivity index (χ4v) is 3.80. The summed E-state index contributed by atoms with van der Waals surface area (Å²) in [6.45, 7) is 8.64. The van der Waals surface area contributed by atoms with Crippen LogP contribution in [0.5, 0.6) is 0 Å². The number of hydrogen-bond donors (Lipinski definition) is 0. The predicted molar refractivity (Wildman–Crippen MR) is 108 cm³/mol. The number of ether oxygens (including phenoxy) is 1. The molecular formula is C21H39BrNO+. The predicted octanol–water partition coefficient (Wildman–Crippen LogP) is 5.89. The van der Waals surface area contributed by atoms with E-state index >= 15 is 0 Å². The van der Waals surface area contributed by atoms with Crippen molar-refractivity contribution in [1.29, 1.82) is 0 Å². The van der Waals surface area contributed by atoms with Crippen molar-refractivity contribution in [3.63, 3.8) is 0 Å². The molecule has 0 bridgehead atoms. The Morgan fingerprint density at radius 3 is 1.79 bits per heavy atom. The minimum absolute atomic E-state index is 0.905. The van der Waals surface area contributed by atoms with Crippen LogP contribution in [0.2, 0.25) is 0 Å². The lowest BCUT2D eigenvalue weighted by atomic mass is 10.0. The minimum atomic E-state index is 0.905. The summed E-state index contributed by atoms with van der Waals surface area (Å²) in [5.41, 5.74) is 0. The van der Waals surface area contributed by atoms with E-state index in [1.165, 1.54) is 83.6 Å². The standard InChI is InChI=1S/C21H39BrNO/c1-2-3-4-5-6-7-8-9-10-11-12-13-16-23(17-14-15-22)18-20-24-21-19-23/h2-13,16-21H2,1H3/q+1. The molecule has 1 rings (SSSR count). The van der Waals surface area contributed by atoms with E-state index in [9.17, 15) is 0 Å². The van der Waals surface area contributed by atoms with Gasteiger partial charge in [0.1, 0.15) is 19.6 Å². The second kappa shape index (κ2) is 15.2. The number of morpholine rings is 1. The molecule has 140 valence electrons. The molecule has 0 N–H and O–H groups in total. The van der Waals surface area contributed by atoms with Gasteiger partial charge >= 0.3 is 0 Å². The zero-order chi connectivity index (χ0) is 17.3. The maximum absolute atomic E-state index is 5.54. The van der Waals surface area contributed by atoms with Gasteiger partial charge in [-0.25, -0.2) is 0 Å². The van der Waals surface area contributed by atoms with E-state index in [0.717, 1.165) is 37.3 Å². The molecular weight excluding hydrogens is 362 g/mol. The number of hydrogen-bond acceptors (Lipinski definition) is 1. The zero-order valence-electron chi connectivity index (χ0n) is 16.0. The molecule has 3 heteroatoms. The molecule has 1 aliphatic rings. The Balaban J connectivity index is 1.97. The van der Waals surface area contributed by atoms with E-state index in [0.29, 0.717) is 0 Å². The molecule has 0 aliphatic carbocycles. The van der Waals surface area contributed by atoms with Crippen LogP contribution in [-0.4, -0.2) is 43.9 Å². The van der Waals surface area contributed by atoms with Gasteiger partial charge in [0.05, 0.1) is 19.8 Å². The largest absolute Gasteiger partial charge is 0.370 e. The molecule has 0 spiro atoms. The Labute approximate surface area is 159 Å². The van der Waals surface area contributed by atoms with Crippen molar-refractivity contribution in [3.05, 3.63) is 0 Å². The summed E-state index contributed by atoms with van der Waals surface area (Å²) in [6, 6.07) is 0. The van der Waals surface area contributed by atoms with Crippen LogP contribution < -0.4 is 0 Å². The lowest BCUT2D eigenvalue weighted by Gasteiger charge is -2.40. The summed E-state index contributed by atoms with van der Waals surface area (Å²) in [4.78, 5) is 2.89. The van der Waals surface area contributed by atoms with Crippen LogP contribution in [0.25, 0.3) is 0 Å². The summed E-state index contributed by atoms with van der Waals surface area (Å²) in [5.74, 6) is 3.24. The van der Waals surface area contributed by atoms with Gasteiger partial charge in [-0.05, 0) is 23.6 Å². The maximum atomic E-state index is 5.54. The zero-order valence-corrected chi connectivity index (χ0v) is 17.5. The summed E-state index contributed by atoms with van der Waals surface area (Å²) >= 11 is 3.24. The first-order chi connectivity index (χ1) is 11.8. The van der Waals surface area contributed by atoms with Crippen molar-refractivity contribution in [2.24, 2.45) is 0 Å². The van der Waals surface area contributed by atoms with Crippen LogP contribution in [0, 0.1) is 10.8 Å². The molecule has 1 heterocycles. The molecule has 1 saturated heterocycles. The average molecular weight is 401 g/mol. The lowest BCUT2D eigenvalue weighted by molar-refractivity contribution is -0.928. The number of quaternary nitrogens is 1. The topological polar surface area (TPSA) is 9.23 Å². The van der Waals surface area contributed by atoms with Gasteiger partial charge < -0.3 is 9.22 Å². The first-order valence-electron chi connectivity index (χ1n) is 10.3. The maximum Gasteiger partial charge on any atom is 0.141 e. The summed E-state index contributed by atoms with van der Waals surface area (Å²) in [6.07, 6.45) is 17.1. The van der Waals surface area contributed by atoms with Crippen molar-refractivity contribution >= 4 is 15.9 Å². The number of rotatable bonds is 14. The van der Waals surface area contributed by atoms with Gasteiger partial charge in [-0.1, -0.05) is 71.1 Å². The first-order valence-corrected chi connectivity index (χ1v) is 11.1. The highest BCUT2D eigenvalue weighted by molar-refractivity contribution is 9.12. The highest BCUT2D eigenvalue weighted by Crippen LogP contribution is 2.16. The van der Waals surface area contributed by atoms with Crippen LogP contribution >= 0.6 is 15.9 Å². The molecule has 0 amide bonds. The third kappa shape index (κ3) is 10.7. The molecule has 0 saturated carbocycles. The van der Waals surface area contributed by atoms with Crippen LogP contribution in [0.3, 0.4) is 0 Å². The molecule has 1 fully saturated rings. The highest BCUT2D eigenvalue weighted by atomic mass is 79.9. The third-order valence-corrected chi connectivity index (χ3v) is 5.67. The minimum Gasteiger partial charge on any atom is -0.370 e. The molecule has 0 unspecified atom stereocenters. The van der Waals surface area contributed by atoms with E-state index in [4.69, 9.17) is 4.74 Å².